The zero-order valence-corrected chi connectivity index (χ0v) is 14.6. The Morgan fingerprint density at radius 3 is 2.71 bits per heavy atom. The first kappa shape index (κ1) is 15.8. The van der Waals surface area contributed by atoms with Crippen LogP contribution in [-0.2, 0) is 11.5 Å². The Balaban J connectivity index is 2.10. The third kappa shape index (κ3) is 3.98. The van der Waals surface area contributed by atoms with Gasteiger partial charge in [0.2, 0.25) is 5.88 Å². The van der Waals surface area contributed by atoms with Crippen molar-refractivity contribution in [2.45, 2.75) is 32.4 Å². The fraction of sp³-hybridized carbons (Fsp3) is 0.533. The van der Waals surface area contributed by atoms with Crippen LogP contribution in [0.15, 0.2) is 18.3 Å². The molecule has 0 aromatic carbocycles. The minimum absolute atomic E-state index is 0.531. The minimum atomic E-state index is -1.04. The van der Waals surface area contributed by atoms with Gasteiger partial charge in [0, 0.05) is 33.3 Å². The average Bonchev–Trinajstić information content (AvgIpc) is 2.83. The van der Waals surface area contributed by atoms with Gasteiger partial charge in [-0.2, -0.15) is 4.98 Å². The van der Waals surface area contributed by atoms with E-state index < -0.39 is 8.07 Å². The molecule has 0 bridgehead atoms. The number of pyridine rings is 1. The summed E-state index contributed by atoms with van der Waals surface area (Å²) in [5.74, 6) is 0.604. The third-order valence-electron chi connectivity index (χ3n) is 3.39. The highest BCUT2D eigenvalue weighted by Crippen LogP contribution is 2.27. The Labute approximate surface area is 127 Å². The molecule has 0 aliphatic carbocycles. The van der Waals surface area contributed by atoms with Crippen molar-refractivity contribution in [3.63, 3.8) is 0 Å². The van der Waals surface area contributed by atoms with Gasteiger partial charge in [0.25, 0.3) is 0 Å². The van der Waals surface area contributed by atoms with Crippen LogP contribution in [-0.4, -0.2) is 38.4 Å². The molecule has 2 rings (SSSR count). The molecule has 1 N–H and O–H groups in total. The Morgan fingerprint density at radius 2 is 2.10 bits per heavy atom. The zero-order valence-electron chi connectivity index (χ0n) is 13.6. The molecule has 0 atom stereocenters. The second-order valence-electron chi connectivity index (χ2n) is 6.34. The molecule has 5 nitrogen and oxygen atoms in total. The molecule has 0 aliphatic rings. The zero-order chi connectivity index (χ0) is 15.5. The van der Waals surface area contributed by atoms with Crippen molar-refractivity contribution < 1.29 is 9.47 Å². The molecule has 0 saturated carbocycles. The van der Waals surface area contributed by atoms with Crippen molar-refractivity contribution in [2.24, 2.45) is 0 Å². The SMILES string of the molecule is CNc1cc2ccn(COCC[Si](C)(C)C)c2nc1OC. The molecule has 2 aromatic heterocycles. The molecular weight excluding hydrogens is 282 g/mol. The molecule has 0 amide bonds. The summed E-state index contributed by atoms with van der Waals surface area (Å²) >= 11 is 0. The first-order valence-electron chi connectivity index (χ1n) is 7.24. The van der Waals surface area contributed by atoms with E-state index in [4.69, 9.17) is 9.47 Å². The van der Waals surface area contributed by atoms with Gasteiger partial charge < -0.3 is 19.4 Å². The van der Waals surface area contributed by atoms with Crippen LogP contribution < -0.4 is 10.1 Å². The van der Waals surface area contributed by atoms with Gasteiger partial charge in [-0.15, -0.1) is 0 Å². The van der Waals surface area contributed by atoms with Crippen molar-refractivity contribution in [1.82, 2.24) is 9.55 Å². The molecule has 2 aromatic rings. The van der Waals surface area contributed by atoms with Gasteiger partial charge in [0.15, 0.2) is 0 Å². The molecule has 6 heteroatoms. The first-order chi connectivity index (χ1) is 9.94. The quantitative estimate of drug-likeness (QED) is 0.629. The summed E-state index contributed by atoms with van der Waals surface area (Å²) in [6, 6.07) is 5.26. The lowest BCUT2D eigenvalue weighted by Gasteiger charge is -2.15. The highest BCUT2D eigenvalue weighted by atomic mass is 28.3. The largest absolute Gasteiger partial charge is 0.479 e. The van der Waals surface area contributed by atoms with E-state index in [0.29, 0.717) is 12.6 Å². The standard InChI is InChI=1S/C15H25N3O2Si/c1-16-13-10-12-6-7-18(14(12)17-15(13)19-2)11-20-8-9-21(3,4)5/h6-7,10,16H,8-9,11H2,1-5H3. The van der Waals surface area contributed by atoms with E-state index in [1.807, 2.05) is 29.9 Å². The first-order valence-corrected chi connectivity index (χ1v) is 10.9. The van der Waals surface area contributed by atoms with Crippen molar-refractivity contribution >= 4 is 24.8 Å². The highest BCUT2D eigenvalue weighted by Gasteiger charge is 2.13. The molecule has 0 unspecified atom stereocenters. The van der Waals surface area contributed by atoms with Crippen LogP contribution in [0.25, 0.3) is 11.0 Å². The Hall–Kier alpha value is -1.53. The maximum Gasteiger partial charge on any atom is 0.239 e. The van der Waals surface area contributed by atoms with Crippen LogP contribution in [0.5, 0.6) is 5.88 Å². The summed E-state index contributed by atoms with van der Waals surface area (Å²) in [5, 5.41) is 4.17. The smallest absolute Gasteiger partial charge is 0.239 e. The Bertz CT molecular complexity index is 605. The number of aromatic nitrogens is 2. The summed E-state index contributed by atoms with van der Waals surface area (Å²) in [7, 11) is 2.46. The molecule has 0 aliphatic heterocycles. The number of anilines is 1. The van der Waals surface area contributed by atoms with Gasteiger partial charge in [0.1, 0.15) is 12.4 Å². The van der Waals surface area contributed by atoms with Crippen LogP contribution in [0.4, 0.5) is 5.69 Å². The van der Waals surface area contributed by atoms with Gasteiger partial charge in [0.05, 0.1) is 12.8 Å². The molecule has 0 radical (unpaired) electrons. The lowest BCUT2D eigenvalue weighted by atomic mass is 10.3. The lowest BCUT2D eigenvalue weighted by molar-refractivity contribution is 0.0898. The van der Waals surface area contributed by atoms with Crippen LogP contribution in [0, 0.1) is 0 Å². The average molecular weight is 307 g/mol. The molecule has 0 fully saturated rings. The van der Waals surface area contributed by atoms with Crippen molar-refractivity contribution in [3.05, 3.63) is 18.3 Å². The molecule has 2 heterocycles. The van der Waals surface area contributed by atoms with Crippen molar-refractivity contribution in [3.8, 4) is 5.88 Å². The second kappa shape index (κ2) is 6.49. The monoisotopic (exact) mass is 307 g/mol. The third-order valence-corrected chi connectivity index (χ3v) is 5.10. The summed E-state index contributed by atoms with van der Waals surface area (Å²) in [6.07, 6.45) is 2.01. The van der Waals surface area contributed by atoms with Gasteiger partial charge in [-0.05, 0) is 18.2 Å². The van der Waals surface area contributed by atoms with Gasteiger partial charge in [-0.25, -0.2) is 0 Å². The Morgan fingerprint density at radius 1 is 1.33 bits per heavy atom. The van der Waals surface area contributed by atoms with Crippen LogP contribution in [0.1, 0.15) is 0 Å². The normalized spacial score (nSPS) is 11.9. The van der Waals surface area contributed by atoms with Gasteiger partial charge in [-0.3, -0.25) is 0 Å². The summed E-state index contributed by atoms with van der Waals surface area (Å²) in [5.41, 5.74) is 1.78. The predicted molar refractivity (Wildman–Crippen MR) is 89.9 cm³/mol. The number of nitrogens with one attached hydrogen (secondary N) is 1. The molecular formula is C15H25N3O2Si. The van der Waals surface area contributed by atoms with Crippen LogP contribution in [0.2, 0.25) is 25.7 Å². The van der Waals surface area contributed by atoms with Crippen molar-refractivity contribution in [1.29, 1.82) is 0 Å². The number of ether oxygens (including phenoxy) is 2. The van der Waals surface area contributed by atoms with E-state index in [9.17, 15) is 0 Å². The maximum atomic E-state index is 5.79. The summed E-state index contributed by atoms with van der Waals surface area (Å²) < 4.78 is 13.1. The van der Waals surface area contributed by atoms with Gasteiger partial charge in [-0.1, -0.05) is 19.6 Å². The number of fused-ring (bicyclic) bond motifs is 1. The summed E-state index contributed by atoms with van der Waals surface area (Å²) in [4.78, 5) is 4.56. The number of methoxy groups -OCH3 is 1. The second-order valence-corrected chi connectivity index (χ2v) is 12.0. The summed E-state index contributed by atoms with van der Waals surface area (Å²) in [6.45, 7) is 8.40. The van der Waals surface area contributed by atoms with E-state index in [2.05, 4.69) is 29.9 Å². The van der Waals surface area contributed by atoms with Crippen LogP contribution in [0.3, 0.4) is 0 Å². The predicted octanol–water partition coefficient (Wildman–Crippen LogP) is 3.40. The van der Waals surface area contributed by atoms with E-state index >= 15 is 0 Å². The molecule has 0 saturated heterocycles. The van der Waals surface area contributed by atoms with E-state index in [0.717, 1.165) is 23.3 Å². The van der Waals surface area contributed by atoms with Gasteiger partial charge >= 0.3 is 0 Å². The number of hydrogen-bond donors (Lipinski definition) is 1. The van der Waals surface area contributed by atoms with E-state index in [1.165, 1.54) is 6.04 Å². The molecule has 116 valence electrons. The molecule has 0 spiro atoms. The van der Waals surface area contributed by atoms with Crippen molar-refractivity contribution in [2.75, 3.05) is 26.1 Å². The highest BCUT2D eigenvalue weighted by molar-refractivity contribution is 6.76. The fourth-order valence-corrected chi connectivity index (χ4v) is 2.83. The Kier molecular flexibility index (Phi) is 4.90. The molecule has 21 heavy (non-hydrogen) atoms. The number of hydrogen-bond acceptors (Lipinski definition) is 4. The number of nitrogens with zero attached hydrogens (tertiary/aromatic N) is 2. The number of rotatable bonds is 7. The van der Waals surface area contributed by atoms with E-state index in [1.54, 1.807) is 7.11 Å². The lowest BCUT2D eigenvalue weighted by Crippen LogP contribution is -2.22. The minimum Gasteiger partial charge on any atom is -0.479 e. The fourth-order valence-electron chi connectivity index (χ4n) is 2.08. The maximum absolute atomic E-state index is 5.79. The van der Waals surface area contributed by atoms with E-state index in [-0.39, 0.29) is 0 Å². The van der Waals surface area contributed by atoms with Crippen LogP contribution >= 0.6 is 0 Å². The topological polar surface area (TPSA) is 48.3 Å².